The van der Waals surface area contributed by atoms with Gasteiger partial charge in [0.15, 0.2) is 0 Å². The van der Waals surface area contributed by atoms with Crippen LogP contribution in [0.25, 0.3) is 0 Å². The first kappa shape index (κ1) is 17.1. The third-order valence-corrected chi connectivity index (χ3v) is 4.56. The molecule has 2 N–H and O–H groups in total. The van der Waals surface area contributed by atoms with Crippen LogP contribution in [0.3, 0.4) is 0 Å². The molecule has 0 spiro atoms. The van der Waals surface area contributed by atoms with Crippen molar-refractivity contribution in [1.82, 2.24) is 4.72 Å². The molecular formula is C15H25NO3S. The molecule has 0 amide bonds. The summed E-state index contributed by atoms with van der Waals surface area (Å²) < 4.78 is 26.2. The van der Waals surface area contributed by atoms with Crippen LogP contribution in [0, 0.1) is 0 Å². The molecule has 0 bridgehead atoms. The van der Waals surface area contributed by atoms with Crippen molar-refractivity contribution in [3.8, 4) is 0 Å². The molecule has 0 aliphatic heterocycles. The summed E-state index contributed by atoms with van der Waals surface area (Å²) in [6.45, 7) is 3.75. The molecule has 0 aliphatic carbocycles. The summed E-state index contributed by atoms with van der Waals surface area (Å²) in [4.78, 5) is 0.246. The predicted octanol–water partition coefficient (Wildman–Crippen LogP) is 2.47. The number of sulfonamides is 1. The number of nitrogens with one attached hydrogen (secondary N) is 1. The molecule has 0 aromatic heterocycles. The number of aliphatic hydroxyl groups excluding tert-OH is 1. The van der Waals surface area contributed by atoms with E-state index < -0.39 is 16.1 Å². The number of hydrogen-bond donors (Lipinski definition) is 2. The number of rotatable bonds is 9. The van der Waals surface area contributed by atoms with Gasteiger partial charge in [-0.25, -0.2) is 13.1 Å². The molecule has 0 heterocycles. The van der Waals surface area contributed by atoms with E-state index in [0.29, 0.717) is 0 Å². The van der Waals surface area contributed by atoms with Crippen LogP contribution in [0.15, 0.2) is 29.2 Å². The molecule has 1 aromatic rings. The topological polar surface area (TPSA) is 66.4 Å². The molecule has 4 nitrogen and oxygen atoms in total. The maximum absolute atomic E-state index is 11.9. The average Bonchev–Trinajstić information content (AvgIpc) is 2.42. The molecule has 20 heavy (non-hydrogen) atoms. The first-order chi connectivity index (χ1) is 9.45. The van der Waals surface area contributed by atoms with Gasteiger partial charge in [-0.05, 0) is 37.5 Å². The van der Waals surface area contributed by atoms with Gasteiger partial charge in [-0.3, -0.25) is 0 Å². The van der Waals surface area contributed by atoms with E-state index in [9.17, 15) is 8.42 Å². The smallest absolute Gasteiger partial charge is 0.240 e. The molecule has 1 unspecified atom stereocenters. The van der Waals surface area contributed by atoms with Gasteiger partial charge in [-0.2, -0.15) is 0 Å². The van der Waals surface area contributed by atoms with E-state index in [1.807, 2.05) is 12.1 Å². The first-order valence-electron chi connectivity index (χ1n) is 7.22. The highest BCUT2D eigenvalue weighted by molar-refractivity contribution is 7.89. The molecule has 0 saturated carbocycles. The highest BCUT2D eigenvalue weighted by atomic mass is 32.2. The van der Waals surface area contributed by atoms with Crippen LogP contribution in [0.5, 0.6) is 0 Å². The predicted molar refractivity (Wildman–Crippen MR) is 81.2 cm³/mol. The van der Waals surface area contributed by atoms with Crippen LogP contribution in [0.1, 0.15) is 45.1 Å². The van der Waals surface area contributed by atoms with Crippen molar-refractivity contribution < 1.29 is 13.5 Å². The zero-order chi connectivity index (χ0) is 15.0. The third-order valence-electron chi connectivity index (χ3n) is 3.12. The normalized spacial score (nSPS) is 13.3. The van der Waals surface area contributed by atoms with Crippen molar-refractivity contribution in [2.24, 2.45) is 0 Å². The van der Waals surface area contributed by atoms with E-state index in [1.165, 1.54) is 19.3 Å². The Bertz CT molecular complexity index is 480. The van der Waals surface area contributed by atoms with Crippen LogP contribution in [0.2, 0.25) is 0 Å². The Morgan fingerprint density at radius 3 is 2.35 bits per heavy atom. The molecule has 0 fully saturated rings. The van der Waals surface area contributed by atoms with Crippen LogP contribution in [-0.4, -0.2) is 26.2 Å². The van der Waals surface area contributed by atoms with Crippen molar-refractivity contribution in [2.75, 3.05) is 6.54 Å². The highest BCUT2D eigenvalue weighted by Crippen LogP contribution is 2.13. The van der Waals surface area contributed by atoms with E-state index in [0.717, 1.165) is 18.4 Å². The van der Waals surface area contributed by atoms with Gasteiger partial charge in [0.25, 0.3) is 0 Å². The molecule has 0 radical (unpaired) electrons. The number of unbranched alkanes of at least 4 members (excludes halogenated alkanes) is 3. The van der Waals surface area contributed by atoms with Crippen molar-refractivity contribution in [2.45, 2.75) is 57.0 Å². The number of benzene rings is 1. The van der Waals surface area contributed by atoms with Crippen molar-refractivity contribution >= 4 is 10.0 Å². The minimum Gasteiger partial charge on any atom is -0.392 e. The summed E-state index contributed by atoms with van der Waals surface area (Å²) in [5.41, 5.74) is 1.16. The van der Waals surface area contributed by atoms with E-state index >= 15 is 0 Å². The SMILES string of the molecule is CCCCCCc1ccc(S(=O)(=O)NCC(C)O)cc1. The second kappa shape index (κ2) is 8.39. The van der Waals surface area contributed by atoms with Crippen LogP contribution in [-0.2, 0) is 16.4 Å². The van der Waals surface area contributed by atoms with Crippen molar-refractivity contribution in [3.63, 3.8) is 0 Å². The van der Waals surface area contributed by atoms with Gasteiger partial charge >= 0.3 is 0 Å². The molecule has 1 aromatic carbocycles. The standard InChI is InChI=1S/C15H25NO3S/c1-3-4-5-6-7-14-8-10-15(11-9-14)20(18,19)16-12-13(2)17/h8-11,13,16-17H,3-7,12H2,1-2H3. The average molecular weight is 299 g/mol. The Kier molecular flexibility index (Phi) is 7.19. The number of aryl methyl sites for hydroxylation is 1. The Morgan fingerprint density at radius 1 is 1.15 bits per heavy atom. The summed E-state index contributed by atoms with van der Waals surface area (Å²) in [7, 11) is -3.51. The van der Waals surface area contributed by atoms with Crippen molar-refractivity contribution in [1.29, 1.82) is 0 Å². The van der Waals surface area contributed by atoms with Gasteiger partial charge in [0.1, 0.15) is 0 Å². The monoisotopic (exact) mass is 299 g/mol. The molecular weight excluding hydrogens is 274 g/mol. The van der Waals surface area contributed by atoms with Gasteiger partial charge in [-0.1, -0.05) is 38.3 Å². The fourth-order valence-electron chi connectivity index (χ4n) is 1.90. The van der Waals surface area contributed by atoms with E-state index in [-0.39, 0.29) is 11.4 Å². The third kappa shape index (κ3) is 6.03. The lowest BCUT2D eigenvalue weighted by Gasteiger charge is -2.09. The van der Waals surface area contributed by atoms with Crippen LogP contribution < -0.4 is 4.72 Å². The minimum absolute atomic E-state index is 0.0289. The Morgan fingerprint density at radius 2 is 1.80 bits per heavy atom. The molecule has 1 atom stereocenters. The molecule has 5 heteroatoms. The van der Waals surface area contributed by atoms with E-state index in [2.05, 4.69) is 11.6 Å². The summed E-state index contributed by atoms with van der Waals surface area (Å²) in [5, 5.41) is 9.12. The fourth-order valence-corrected chi connectivity index (χ4v) is 3.03. The minimum atomic E-state index is -3.51. The summed E-state index contributed by atoms with van der Waals surface area (Å²) in [6, 6.07) is 6.98. The van der Waals surface area contributed by atoms with Crippen LogP contribution >= 0.6 is 0 Å². The van der Waals surface area contributed by atoms with Gasteiger partial charge in [0.05, 0.1) is 11.0 Å². The lowest BCUT2D eigenvalue weighted by Crippen LogP contribution is -2.30. The van der Waals surface area contributed by atoms with Crippen LogP contribution in [0.4, 0.5) is 0 Å². The first-order valence-corrected chi connectivity index (χ1v) is 8.70. The molecule has 1 rings (SSSR count). The summed E-state index contributed by atoms with van der Waals surface area (Å²) >= 11 is 0. The number of hydrogen-bond acceptors (Lipinski definition) is 3. The largest absolute Gasteiger partial charge is 0.392 e. The second-order valence-electron chi connectivity index (χ2n) is 5.16. The van der Waals surface area contributed by atoms with E-state index in [1.54, 1.807) is 19.1 Å². The Balaban J connectivity index is 2.57. The summed E-state index contributed by atoms with van der Waals surface area (Å²) in [6.07, 6.45) is 5.11. The maximum Gasteiger partial charge on any atom is 0.240 e. The molecule has 0 aliphatic rings. The van der Waals surface area contributed by atoms with Gasteiger partial charge in [-0.15, -0.1) is 0 Å². The fraction of sp³-hybridized carbons (Fsp3) is 0.600. The number of aliphatic hydroxyl groups is 1. The van der Waals surface area contributed by atoms with Gasteiger partial charge < -0.3 is 5.11 Å². The molecule has 0 saturated heterocycles. The Hall–Kier alpha value is -0.910. The Labute approximate surface area is 122 Å². The van der Waals surface area contributed by atoms with Crippen molar-refractivity contribution in [3.05, 3.63) is 29.8 Å². The molecule has 114 valence electrons. The van der Waals surface area contributed by atoms with Gasteiger partial charge in [0.2, 0.25) is 10.0 Å². The quantitative estimate of drug-likeness (QED) is 0.688. The maximum atomic E-state index is 11.9. The lowest BCUT2D eigenvalue weighted by molar-refractivity contribution is 0.198. The van der Waals surface area contributed by atoms with E-state index in [4.69, 9.17) is 5.11 Å². The zero-order valence-corrected chi connectivity index (χ0v) is 13.1. The summed E-state index contributed by atoms with van der Waals surface area (Å²) in [5.74, 6) is 0. The lowest BCUT2D eigenvalue weighted by atomic mass is 10.1. The highest BCUT2D eigenvalue weighted by Gasteiger charge is 2.14. The zero-order valence-electron chi connectivity index (χ0n) is 12.3. The second-order valence-corrected chi connectivity index (χ2v) is 6.92. The van der Waals surface area contributed by atoms with Gasteiger partial charge in [0, 0.05) is 6.54 Å².